The van der Waals surface area contributed by atoms with Gasteiger partial charge in [0.15, 0.2) is 0 Å². The number of nitrogens with zero attached hydrogens (tertiary/aromatic N) is 2. The molecule has 1 N–H and O–H groups in total. The molecule has 0 fully saturated rings. The fourth-order valence-electron chi connectivity index (χ4n) is 5.99. The summed E-state index contributed by atoms with van der Waals surface area (Å²) in [4.78, 5) is 16.5. The lowest BCUT2D eigenvalue weighted by atomic mass is 10.1. The van der Waals surface area contributed by atoms with E-state index in [0.717, 1.165) is 64.1 Å². The lowest BCUT2D eigenvalue weighted by Crippen LogP contribution is -2.31. The van der Waals surface area contributed by atoms with Crippen molar-refractivity contribution >= 4 is 12.3 Å². The van der Waals surface area contributed by atoms with Gasteiger partial charge in [0.05, 0.1) is 31.7 Å². The van der Waals surface area contributed by atoms with Gasteiger partial charge in [-0.1, -0.05) is 168 Å². The minimum Gasteiger partial charge on any atom is -0.499 e. The Morgan fingerprint density at radius 3 is 1.38 bits per heavy atom. The van der Waals surface area contributed by atoms with Crippen LogP contribution >= 0.6 is 0 Å². The molecule has 0 bridgehead atoms. The van der Waals surface area contributed by atoms with Crippen molar-refractivity contribution in [1.82, 2.24) is 9.80 Å². The average Bonchev–Trinajstić information content (AvgIpc) is 3.08. The number of hydrogen-bond donors (Lipinski definition) is 1. The second-order valence-electron chi connectivity index (χ2n) is 13.6. The molecule has 6 heteroatoms. The Kier molecular flexibility index (Phi) is 35.6. The minimum atomic E-state index is -0.104. The Balaban J connectivity index is 4.05. The molecule has 0 atom stereocenters. The number of hydrogen-bond acceptors (Lipinski definition) is 5. The first-order chi connectivity index (χ1) is 23.1. The Bertz CT molecular complexity index is 660. The molecule has 0 aromatic rings. The zero-order valence-corrected chi connectivity index (χ0v) is 31.5. The minimum absolute atomic E-state index is 0.104. The molecule has 276 valence electrons. The van der Waals surface area contributed by atoms with Crippen molar-refractivity contribution in [2.45, 2.75) is 187 Å². The van der Waals surface area contributed by atoms with Gasteiger partial charge in [-0.15, -0.1) is 0 Å². The van der Waals surface area contributed by atoms with Crippen molar-refractivity contribution in [3.63, 3.8) is 0 Å². The fraction of sp³-hybridized carbons (Fsp3) is 0.854. The molecule has 0 aliphatic heterocycles. The van der Waals surface area contributed by atoms with E-state index in [0.29, 0.717) is 19.6 Å². The van der Waals surface area contributed by atoms with Crippen LogP contribution < -0.4 is 0 Å². The van der Waals surface area contributed by atoms with Crippen LogP contribution in [0.2, 0.25) is 0 Å². The third-order valence-electron chi connectivity index (χ3n) is 9.20. The van der Waals surface area contributed by atoms with Crippen LogP contribution in [0.25, 0.3) is 0 Å². The summed E-state index contributed by atoms with van der Waals surface area (Å²) in [6.07, 6.45) is 36.7. The molecular formula is C41H79N3O3. The maximum absolute atomic E-state index is 12.5. The predicted octanol–water partition coefficient (Wildman–Crippen LogP) is 12.0. The molecule has 0 rings (SSSR count). The van der Waals surface area contributed by atoms with Crippen LogP contribution in [0.4, 0.5) is 0 Å². The van der Waals surface area contributed by atoms with E-state index in [1.54, 1.807) is 11.1 Å². The van der Waals surface area contributed by atoms with Crippen LogP contribution in [0.15, 0.2) is 25.1 Å². The van der Waals surface area contributed by atoms with Gasteiger partial charge in [-0.05, 0) is 32.0 Å². The molecule has 0 aromatic heterocycles. The highest BCUT2D eigenvalue weighted by Gasteiger charge is 2.11. The van der Waals surface area contributed by atoms with E-state index in [1.807, 2.05) is 0 Å². The quantitative estimate of drug-likeness (QED) is 0.0233. The molecule has 0 saturated heterocycles. The predicted molar refractivity (Wildman–Crippen MR) is 204 cm³/mol. The van der Waals surface area contributed by atoms with Gasteiger partial charge in [0.1, 0.15) is 0 Å². The molecule has 0 aliphatic carbocycles. The Morgan fingerprint density at radius 2 is 0.957 bits per heavy atom. The van der Waals surface area contributed by atoms with Crippen molar-refractivity contribution in [3.8, 4) is 0 Å². The average molecular weight is 662 g/mol. The molecule has 0 unspecified atom stereocenters. The zero-order chi connectivity index (χ0) is 34.5. The zero-order valence-electron chi connectivity index (χ0n) is 31.5. The second-order valence-corrected chi connectivity index (χ2v) is 13.6. The van der Waals surface area contributed by atoms with Crippen molar-refractivity contribution in [2.24, 2.45) is 0 Å². The summed E-state index contributed by atoms with van der Waals surface area (Å²) in [5, 5.41) is 7.49. The number of unbranched alkanes of at least 4 members (excludes halogenated alkanes) is 22. The maximum Gasteiger partial charge on any atom is 0.307 e. The molecule has 0 aromatic carbocycles. The van der Waals surface area contributed by atoms with Crippen molar-refractivity contribution < 1.29 is 14.3 Å². The molecule has 47 heavy (non-hydrogen) atoms. The Morgan fingerprint density at radius 1 is 0.553 bits per heavy atom. The highest BCUT2D eigenvalue weighted by molar-refractivity contribution is 5.69. The largest absolute Gasteiger partial charge is 0.499 e. The van der Waals surface area contributed by atoms with Crippen LogP contribution in [0.3, 0.4) is 0 Å². The molecule has 0 radical (unpaired) electrons. The monoisotopic (exact) mass is 662 g/mol. The molecule has 0 amide bonds. The molecular weight excluding hydrogens is 582 g/mol. The lowest BCUT2D eigenvalue weighted by molar-refractivity contribution is -0.144. The summed E-state index contributed by atoms with van der Waals surface area (Å²) in [7, 11) is 0. The Hall–Kier alpha value is -1.82. The van der Waals surface area contributed by atoms with E-state index in [4.69, 9.17) is 14.9 Å². The van der Waals surface area contributed by atoms with Crippen molar-refractivity contribution in [2.75, 3.05) is 39.4 Å². The van der Waals surface area contributed by atoms with Crippen molar-refractivity contribution in [3.05, 3.63) is 25.1 Å². The van der Waals surface area contributed by atoms with Gasteiger partial charge in [0, 0.05) is 26.1 Å². The first kappa shape index (κ1) is 45.2. The SMILES string of the molecule is C=CN(C=N)CCCN(CCC(=C)OCCCCCCCCCCCCCC)CCC(=O)OCCCCCCCCCCCCCC. The lowest BCUT2D eigenvalue weighted by Gasteiger charge is -2.23. The van der Waals surface area contributed by atoms with E-state index >= 15 is 0 Å². The van der Waals surface area contributed by atoms with E-state index in [1.165, 1.54) is 141 Å². The maximum atomic E-state index is 12.5. The third kappa shape index (κ3) is 33.9. The third-order valence-corrected chi connectivity index (χ3v) is 9.20. The van der Waals surface area contributed by atoms with Crippen LogP contribution in [0.5, 0.6) is 0 Å². The van der Waals surface area contributed by atoms with E-state index in [-0.39, 0.29) is 5.97 Å². The van der Waals surface area contributed by atoms with Crippen molar-refractivity contribution in [1.29, 1.82) is 5.41 Å². The van der Waals surface area contributed by atoms with Gasteiger partial charge in [0.2, 0.25) is 0 Å². The van der Waals surface area contributed by atoms with Gasteiger partial charge in [-0.2, -0.15) is 0 Å². The Labute approximate surface area is 293 Å². The van der Waals surface area contributed by atoms with Crippen LogP contribution in [-0.2, 0) is 14.3 Å². The number of ether oxygens (including phenoxy) is 2. The van der Waals surface area contributed by atoms with E-state index in [9.17, 15) is 4.79 Å². The summed E-state index contributed by atoms with van der Waals surface area (Å²) in [5.41, 5.74) is 0. The number of esters is 1. The van der Waals surface area contributed by atoms with Gasteiger partial charge < -0.3 is 19.3 Å². The van der Waals surface area contributed by atoms with Crippen LogP contribution in [-0.4, -0.2) is 61.5 Å². The molecule has 0 saturated carbocycles. The first-order valence-electron chi connectivity index (χ1n) is 20.1. The number of nitrogens with one attached hydrogen (secondary N) is 1. The number of rotatable bonds is 39. The van der Waals surface area contributed by atoms with E-state index in [2.05, 4.69) is 31.9 Å². The summed E-state index contributed by atoms with van der Waals surface area (Å²) >= 11 is 0. The number of carbonyl (C=O) groups excluding carboxylic acids is 1. The molecule has 0 heterocycles. The van der Waals surface area contributed by atoms with Crippen LogP contribution in [0.1, 0.15) is 187 Å². The molecule has 0 aliphatic rings. The highest BCUT2D eigenvalue weighted by atomic mass is 16.5. The van der Waals surface area contributed by atoms with Gasteiger partial charge in [0.25, 0.3) is 0 Å². The summed E-state index contributed by atoms with van der Waals surface area (Å²) in [5.74, 6) is 0.729. The summed E-state index contributed by atoms with van der Waals surface area (Å²) in [6, 6.07) is 0. The molecule has 6 nitrogen and oxygen atoms in total. The topological polar surface area (TPSA) is 65.9 Å². The standard InChI is InChI=1S/C41H79N3O3/c1-5-8-10-12-14-16-18-20-22-24-26-28-37-46-40(4)31-35-44(34-30-33-43(7-3)39-42)36-32-41(45)47-38-29-27-25-23-21-19-17-15-13-11-9-6-2/h7,39,42H,3-6,8-38H2,1-2H3. The molecule has 0 spiro atoms. The van der Waals surface area contributed by atoms with Gasteiger partial charge in [-0.3, -0.25) is 10.2 Å². The summed E-state index contributed by atoms with van der Waals surface area (Å²) in [6.45, 7) is 16.8. The van der Waals surface area contributed by atoms with E-state index < -0.39 is 0 Å². The highest BCUT2D eigenvalue weighted by Crippen LogP contribution is 2.14. The normalized spacial score (nSPS) is 11.1. The van der Waals surface area contributed by atoms with Gasteiger partial charge >= 0.3 is 5.97 Å². The summed E-state index contributed by atoms with van der Waals surface area (Å²) < 4.78 is 11.5. The number of carbonyl (C=O) groups is 1. The van der Waals surface area contributed by atoms with Gasteiger partial charge in [-0.25, -0.2) is 0 Å². The first-order valence-corrected chi connectivity index (χ1v) is 20.1. The fourth-order valence-corrected chi connectivity index (χ4v) is 5.99. The van der Waals surface area contributed by atoms with Crippen LogP contribution in [0, 0.1) is 5.41 Å². The smallest absolute Gasteiger partial charge is 0.307 e. The second kappa shape index (κ2) is 37.0.